The molecule has 16 nitrogen and oxygen atoms in total. The Balaban J connectivity index is 1.77. The molecule has 0 heterocycles. The van der Waals surface area contributed by atoms with Crippen molar-refractivity contribution in [1.82, 2.24) is 0 Å². The lowest BCUT2D eigenvalue weighted by Gasteiger charge is -2.09. The van der Waals surface area contributed by atoms with E-state index in [-0.39, 0.29) is 42.8 Å². The molecule has 16 heteroatoms. The van der Waals surface area contributed by atoms with Crippen molar-refractivity contribution in [1.29, 1.82) is 0 Å². The van der Waals surface area contributed by atoms with Crippen LogP contribution in [-0.4, -0.2) is 121 Å². The van der Waals surface area contributed by atoms with E-state index in [4.69, 9.17) is 37.9 Å². The zero-order valence-corrected chi connectivity index (χ0v) is 27.0. The molecule has 0 spiro atoms. The second-order valence-electron chi connectivity index (χ2n) is 9.81. The van der Waals surface area contributed by atoms with E-state index in [9.17, 15) is 25.0 Å². The number of hydrogen-bond donors (Lipinski definition) is 1. The van der Waals surface area contributed by atoms with E-state index in [0.29, 0.717) is 92.3 Å². The number of nitro benzene ring substituents is 2. The van der Waals surface area contributed by atoms with Gasteiger partial charge in [-0.05, 0) is 12.5 Å². The number of anilines is 1. The van der Waals surface area contributed by atoms with Gasteiger partial charge in [0.25, 0.3) is 11.4 Å². The van der Waals surface area contributed by atoms with E-state index in [2.05, 4.69) is 12.2 Å². The van der Waals surface area contributed by atoms with Crippen molar-refractivity contribution in [2.24, 2.45) is 0 Å². The summed E-state index contributed by atoms with van der Waals surface area (Å²) in [5.74, 6) is -0.165. The Hall–Kier alpha value is -2.99. The number of nitro groups is 2. The first kappa shape index (κ1) is 41.0. The van der Waals surface area contributed by atoms with Gasteiger partial charge in [0.05, 0.1) is 108 Å². The number of unbranched alkanes of at least 4 members (excludes halogenated alkanes) is 4. The minimum Gasteiger partial charge on any atom is -0.463 e. The normalized spacial score (nSPS) is 11.1. The minimum atomic E-state index is -0.682. The van der Waals surface area contributed by atoms with Crippen molar-refractivity contribution in [2.75, 3.05) is 111 Å². The largest absolute Gasteiger partial charge is 0.463 e. The van der Waals surface area contributed by atoms with Crippen LogP contribution in [0.25, 0.3) is 0 Å². The van der Waals surface area contributed by atoms with Gasteiger partial charge in [-0.3, -0.25) is 25.0 Å². The number of nitrogens with one attached hydrogen (secondary N) is 1. The summed E-state index contributed by atoms with van der Waals surface area (Å²) in [6, 6.07) is 3.42. The molecule has 0 radical (unpaired) electrons. The number of esters is 1. The van der Waals surface area contributed by atoms with Gasteiger partial charge in [0.15, 0.2) is 0 Å². The van der Waals surface area contributed by atoms with Crippen LogP contribution >= 0.6 is 0 Å². The topological polar surface area (TPSA) is 189 Å². The number of nitrogens with zero attached hydrogens (tertiary/aromatic N) is 2. The van der Waals surface area contributed by atoms with Gasteiger partial charge in [-0.15, -0.1) is 0 Å². The quantitative estimate of drug-likeness (QED) is 0.0493. The molecule has 1 rings (SSSR count). The highest BCUT2D eigenvalue weighted by molar-refractivity contribution is 5.69. The molecule has 0 saturated heterocycles. The molecule has 1 aromatic rings. The Morgan fingerprint density at radius 2 is 1.09 bits per heavy atom. The fourth-order valence-electron chi connectivity index (χ4n) is 3.77. The Morgan fingerprint density at radius 1 is 0.630 bits per heavy atom. The van der Waals surface area contributed by atoms with Crippen LogP contribution in [0.4, 0.5) is 17.1 Å². The fourth-order valence-corrected chi connectivity index (χ4v) is 3.77. The molecule has 0 unspecified atom stereocenters. The number of ether oxygens (including phenoxy) is 8. The van der Waals surface area contributed by atoms with Gasteiger partial charge in [0.2, 0.25) is 0 Å². The van der Waals surface area contributed by atoms with Crippen LogP contribution in [0.15, 0.2) is 18.2 Å². The van der Waals surface area contributed by atoms with Crippen LogP contribution in [0, 0.1) is 20.2 Å². The fraction of sp³-hybridized carbons (Fsp3) is 0.767. The maximum atomic E-state index is 11.6. The lowest BCUT2D eigenvalue weighted by molar-refractivity contribution is -0.393. The van der Waals surface area contributed by atoms with Crippen molar-refractivity contribution in [3.8, 4) is 0 Å². The predicted molar refractivity (Wildman–Crippen MR) is 168 cm³/mol. The van der Waals surface area contributed by atoms with Gasteiger partial charge in [0, 0.05) is 19.0 Å². The highest BCUT2D eigenvalue weighted by atomic mass is 16.6. The molecule has 0 aliphatic heterocycles. The summed E-state index contributed by atoms with van der Waals surface area (Å²) < 4.78 is 43.1. The molecule has 46 heavy (non-hydrogen) atoms. The van der Waals surface area contributed by atoms with Crippen LogP contribution < -0.4 is 5.32 Å². The van der Waals surface area contributed by atoms with E-state index >= 15 is 0 Å². The number of non-ortho nitro benzene ring substituents is 1. The zero-order valence-electron chi connectivity index (χ0n) is 27.0. The lowest BCUT2D eigenvalue weighted by atomic mass is 10.1. The van der Waals surface area contributed by atoms with Crippen LogP contribution in [0.5, 0.6) is 0 Å². The van der Waals surface area contributed by atoms with Gasteiger partial charge >= 0.3 is 5.97 Å². The number of rotatable bonds is 33. The van der Waals surface area contributed by atoms with Crippen LogP contribution in [0.2, 0.25) is 0 Å². The van der Waals surface area contributed by atoms with E-state index in [0.717, 1.165) is 18.9 Å². The first-order chi connectivity index (χ1) is 22.5. The summed E-state index contributed by atoms with van der Waals surface area (Å²) in [6.45, 7) is 8.41. The van der Waals surface area contributed by atoms with E-state index in [1.165, 1.54) is 31.4 Å². The average Bonchev–Trinajstić information content (AvgIpc) is 3.04. The number of carbonyl (C=O) groups is 1. The molecule has 1 aromatic carbocycles. The third-order valence-corrected chi connectivity index (χ3v) is 6.16. The van der Waals surface area contributed by atoms with Crippen molar-refractivity contribution in [3.05, 3.63) is 38.4 Å². The van der Waals surface area contributed by atoms with Gasteiger partial charge in [0.1, 0.15) is 12.3 Å². The minimum absolute atomic E-state index is 0.165. The molecule has 0 aliphatic rings. The molecule has 1 N–H and O–H groups in total. The van der Waals surface area contributed by atoms with Crippen molar-refractivity contribution < 1.29 is 52.5 Å². The summed E-state index contributed by atoms with van der Waals surface area (Å²) in [5.41, 5.74) is -0.529. The molecule has 0 amide bonds. The Kier molecular flexibility index (Phi) is 26.2. The summed E-state index contributed by atoms with van der Waals surface area (Å²) in [6.07, 6.45) is 5.99. The van der Waals surface area contributed by atoms with Crippen LogP contribution in [-0.2, 0) is 42.7 Å². The molecule has 0 atom stereocenters. The molecule has 0 bridgehead atoms. The molecule has 0 aliphatic carbocycles. The standard InChI is InChI=1S/C30H51N3O13/c1-2-3-4-5-6-7-30(34)46-25-24-45-23-22-44-21-20-43-19-18-42-17-16-41-15-14-40-13-12-39-11-10-31-28-9-8-27(32(35)36)26-29(28)33(37)38/h8-9,26,31H,2-7,10-25H2,1H3. The molecule has 0 fully saturated rings. The summed E-state index contributed by atoms with van der Waals surface area (Å²) in [4.78, 5) is 32.2. The third-order valence-electron chi connectivity index (χ3n) is 6.16. The van der Waals surface area contributed by atoms with Gasteiger partial charge in [-0.2, -0.15) is 0 Å². The molecular formula is C30H51N3O13. The predicted octanol–water partition coefficient (Wildman–Crippen LogP) is 3.93. The lowest BCUT2D eigenvalue weighted by Crippen LogP contribution is -2.16. The smallest absolute Gasteiger partial charge is 0.305 e. The van der Waals surface area contributed by atoms with Crippen LogP contribution in [0.3, 0.4) is 0 Å². The second kappa shape index (κ2) is 29.4. The maximum absolute atomic E-state index is 11.6. The number of carbonyl (C=O) groups excluding carboxylic acids is 1. The molecule has 0 aromatic heterocycles. The van der Waals surface area contributed by atoms with Gasteiger partial charge in [-0.1, -0.05) is 32.6 Å². The van der Waals surface area contributed by atoms with E-state index in [1.54, 1.807) is 0 Å². The van der Waals surface area contributed by atoms with Crippen molar-refractivity contribution in [3.63, 3.8) is 0 Å². The Labute approximate surface area is 270 Å². The Bertz CT molecular complexity index is 939. The van der Waals surface area contributed by atoms with E-state index < -0.39 is 9.85 Å². The summed E-state index contributed by atoms with van der Waals surface area (Å²) >= 11 is 0. The molecular weight excluding hydrogens is 610 g/mol. The van der Waals surface area contributed by atoms with Gasteiger partial charge in [-0.25, -0.2) is 0 Å². The highest BCUT2D eigenvalue weighted by Crippen LogP contribution is 2.28. The molecule has 264 valence electrons. The number of benzene rings is 1. The average molecular weight is 662 g/mol. The highest BCUT2D eigenvalue weighted by Gasteiger charge is 2.19. The first-order valence-corrected chi connectivity index (χ1v) is 15.8. The Morgan fingerprint density at radius 3 is 1.54 bits per heavy atom. The van der Waals surface area contributed by atoms with Crippen LogP contribution in [0.1, 0.15) is 45.4 Å². The summed E-state index contributed by atoms with van der Waals surface area (Å²) in [5, 5.41) is 24.8. The van der Waals surface area contributed by atoms with Crippen molar-refractivity contribution in [2.45, 2.75) is 45.4 Å². The monoisotopic (exact) mass is 661 g/mol. The van der Waals surface area contributed by atoms with Crippen molar-refractivity contribution >= 4 is 23.0 Å². The second-order valence-corrected chi connectivity index (χ2v) is 9.81. The third kappa shape index (κ3) is 23.4. The summed E-state index contributed by atoms with van der Waals surface area (Å²) in [7, 11) is 0. The van der Waals surface area contributed by atoms with Gasteiger partial charge < -0.3 is 43.2 Å². The van der Waals surface area contributed by atoms with E-state index in [1.807, 2.05) is 0 Å². The SMILES string of the molecule is CCCCCCCC(=O)OCCOCCOCCOCCOCCOCCOCCOCCNc1ccc([N+](=O)[O-])cc1[N+](=O)[O-]. The number of hydrogen-bond acceptors (Lipinski definition) is 14. The maximum Gasteiger partial charge on any atom is 0.305 e. The zero-order chi connectivity index (χ0) is 33.5. The first-order valence-electron chi connectivity index (χ1n) is 15.8. The molecule has 0 saturated carbocycles.